The van der Waals surface area contributed by atoms with Gasteiger partial charge < -0.3 is 4.90 Å². The molecule has 0 saturated heterocycles. The van der Waals surface area contributed by atoms with Crippen LogP contribution in [0.15, 0.2) is 30.3 Å². The second-order valence-corrected chi connectivity index (χ2v) is 4.38. The molecule has 0 N–H and O–H groups in total. The summed E-state index contributed by atoms with van der Waals surface area (Å²) in [7, 11) is 4.08. The summed E-state index contributed by atoms with van der Waals surface area (Å²) in [4.78, 5) is 14.0. The van der Waals surface area contributed by atoms with Crippen molar-refractivity contribution in [3.63, 3.8) is 0 Å². The molecule has 0 spiro atoms. The van der Waals surface area contributed by atoms with Crippen LogP contribution < -0.4 is 0 Å². The molecule has 1 atom stereocenters. The molecule has 0 bridgehead atoms. The molecule has 96 valence electrons. The van der Waals surface area contributed by atoms with Crippen molar-refractivity contribution in [2.45, 2.75) is 25.7 Å². The van der Waals surface area contributed by atoms with Gasteiger partial charge in [-0.25, -0.2) is 0 Å². The summed E-state index contributed by atoms with van der Waals surface area (Å²) in [6, 6.07) is 10.1. The SMILES string of the molecule is CCC(=O)C(CCN(C)C)c1ccccc1.Cl. The molecule has 3 heteroatoms. The van der Waals surface area contributed by atoms with E-state index < -0.39 is 0 Å². The fourth-order valence-corrected chi connectivity index (χ4v) is 1.83. The van der Waals surface area contributed by atoms with E-state index >= 15 is 0 Å². The Morgan fingerprint density at radius 3 is 2.29 bits per heavy atom. The molecule has 0 fully saturated rings. The van der Waals surface area contributed by atoms with Crippen LogP contribution in [0.4, 0.5) is 0 Å². The molecule has 0 aliphatic carbocycles. The molecule has 1 rings (SSSR count). The number of hydrogen-bond acceptors (Lipinski definition) is 2. The Hall–Kier alpha value is -0.860. The van der Waals surface area contributed by atoms with Gasteiger partial charge in [0.1, 0.15) is 5.78 Å². The molecule has 0 radical (unpaired) electrons. The topological polar surface area (TPSA) is 20.3 Å². The summed E-state index contributed by atoms with van der Waals surface area (Å²) in [5.74, 6) is 0.404. The van der Waals surface area contributed by atoms with E-state index in [1.807, 2.05) is 51.4 Å². The molecule has 0 amide bonds. The summed E-state index contributed by atoms with van der Waals surface area (Å²) in [6.07, 6.45) is 1.52. The lowest BCUT2D eigenvalue weighted by Crippen LogP contribution is -2.20. The van der Waals surface area contributed by atoms with E-state index in [1.54, 1.807) is 0 Å². The molecule has 1 aromatic rings. The van der Waals surface area contributed by atoms with Crippen LogP contribution in [0.3, 0.4) is 0 Å². The van der Waals surface area contributed by atoms with Gasteiger partial charge in [0.25, 0.3) is 0 Å². The summed E-state index contributed by atoms with van der Waals surface area (Å²) < 4.78 is 0. The maximum atomic E-state index is 11.9. The predicted molar refractivity (Wildman–Crippen MR) is 74.9 cm³/mol. The Morgan fingerprint density at radius 2 is 1.82 bits per heavy atom. The molecule has 0 aliphatic heterocycles. The van der Waals surface area contributed by atoms with Crippen LogP contribution in [0.5, 0.6) is 0 Å². The van der Waals surface area contributed by atoms with E-state index in [4.69, 9.17) is 0 Å². The predicted octanol–water partition coefficient (Wildman–Crippen LogP) is 3.12. The zero-order valence-electron chi connectivity index (χ0n) is 10.8. The molecule has 0 aromatic heterocycles. The van der Waals surface area contributed by atoms with Crippen molar-refractivity contribution in [1.29, 1.82) is 0 Å². The van der Waals surface area contributed by atoms with Crippen LogP contribution in [0.25, 0.3) is 0 Å². The average molecular weight is 256 g/mol. The minimum atomic E-state index is 0. The maximum absolute atomic E-state index is 11.9. The van der Waals surface area contributed by atoms with E-state index in [1.165, 1.54) is 0 Å². The third kappa shape index (κ3) is 5.33. The molecule has 17 heavy (non-hydrogen) atoms. The monoisotopic (exact) mass is 255 g/mol. The van der Waals surface area contributed by atoms with Crippen molar-refractivity contribution in [3.8, 4) is 0 Å². The third-order valence-corrected chi connectivity index (χ3v) is 2.80. The van der Waals surface area contributed by atoms with Gasteiger partial charge in [-0.2, -0.15) is 0 Å². The van der Waals surface area contributed by atoms with Gasteiger partial charge >= 0.3 is 0 Å². The van der Waals surface area contributed by atoms with Gasteiger partial charge in [-0.1, -0.05) is 37.3 Å². The van der Waals surface area contributed by atoms with Crippen molar-refractivity contribution in [1.82, 2.24) is 4.90 Å². The second kappa shape index (κ2) is 8.26. The highest BCUT2D eigenvalue weighted by atomic mass is 35.5. The number of benzene rings is 1. The molecule has 0 aliphatic rings. The number of halogens is 1. The second-order valence-electron chi connectivity index (χ2n) is 4.38. The van der Waals surface area contributed by atoms with Crippen LogP contribution >= 0.6 is 12.4 Å². The highest BCUT2D eigenvalue weighted by molar-refractivity contribution is 5.85. The van der Waals surface area contributed by atoms with Crippen LogP contribution in [-0.2, 0) is 4.79 Å². The van der Waals surface area contributed by atoms with Gasteiger partial charge in [0.05, 0.1) is 0 Å². The van der Waals surface area contributed by atoms with Crippen molar-refractivity contribution in [3.05, 3.63) is 35.9 Å². The van der Waals surface area contributed by atoms with Crippen molar-refractivity contribution in [2.75, 3.05) is 20.6 Å². The Labute approximate surface area is 110 Å². The van der Waals surface area contributed by atoms with Crippen molar-refractivity contribution >= 4 is 18.2 Å². The Morgan fingerprint density at radius 1 is 1.24 bits per heavy atom. The van der Waals surface area contributed by atoms with Gasteiger partial charge in [-0.05, 0) is 32.6 Å². The van der Waals surface area contributed by atoms with Crippen LogP contribution in [-0.4, -0.2) is 31.3 Å². The van der Waals surface area contributed by atoms with Crippen LogP contribution in [0.2, 0.25) is 0 Å². The fourth-order valence-electron chi connectivity index (χ4n) is 1.83. The van der Waals surface area contributed by atoms with E-state index in [2.05, 4.69) is 4.90 Å². The molecule has 0 saturated carbocycles. The van der Waals surface area contributed by atoms with Gasteiger partial charge in [0, 0.05) is 12.3 Å². The van der Waals surface area contributed by atoms with Gasteiger partial charge in [-0.15, -0.1) is 12.4 Å². The van der Waals surface area contributed by atoms with Crippen LogP contribution in [0, 0.1) is 0 Å². The summed E-state index contributed by atoms with van der Waals surface area (Å²) in [5.41, 5.74) is 1.15. The van der Waals surface area contributed by atoms with Crippen molar-refractivity contribution in [2.24, 2.45) is 0 Å². The first-order chi connectivity index (χ1) is 7.65. The van der Waals surface area contributed by atoms with E-state index in [0.717, 1.165) is 18.5 Å². The molecule has 0 heterocycles. The zero-order chi connectivity index (χ0) is 12.0. The average Bonchev–Trinajstić information content (AvgIpc) is 2.30. The number of rotatable bonds is 6. The van der Waals surface area contributed by atoms with Gasteiger partial charge in [0.15, 0.2) is 0 Å². The van der Waals surface area contributed by atoms with Gasteiger partial charge in [-0.3, -0.25) is 4.79 Å². The third-order valence-electron chi connectivity index (χ3n) is 2.80. The summed E-state index contributed by atoms with van der Waals surface area (Å²) in [5, 5.41) is 0. The number of Topliss-reactive ketones (excluding diaryl/α,β-unsaturated/α-hetero) is 1. The minimum absolute atomic E-state index is 0. The Kier molecular flexibility index (Phi) is 7.85. The number of carbonyl (C=O) groups is 1. The van der Waals surface area contributed by atoms with Crippen LogP contribution in [0.1, 0.15) is 31.2 Å². The number of carbonyl (C=O) groups excluding carboxylic acids is 1. The first-order valence-corrected chi connectivity index (χ1v) is 5.87. The van der Waals surface area contributed by atoms with E-state index in [9.17, 15) is 4.79 Å². The lowest BCUT2D eigenvalue weighted by Gasteiger charge is -2.18. The number of ketones is 1. The quantitative estimate of drug-likeness (QED) is 0.779. The van der Waals surface area contributed by atoms with Gasteiger partial charge in [0.2, 0.25) is 0 Å². The molecule has 1 unspecified atom stereocenters. The van der Waals surface area contributed by atoms with E-state index in [-0.39, 0.29) is 18.3 Å². The molecule has 1 aromatic carbocycles. The lowest BCUT2D eigenvalue weighted by atomic mass is 9.90. The first-order valence-electron chi connectivity index (χ1n) is 5.87. The zero-order valence-corrected chi connectivity index (χ0v) is 11.7. The first kappa shape index (κ1) is 16.1. The van der Waals surface area contributed by atoms with E-state index in [0.29, 0.717) is 12.2 Å². The number of nitrogens with zero attached hydrogens (tertiary/aromatic N) is 1. The fraction of sp³-hybridized carbons (Fsp3) is 0.500. The largest absolute Gasteiger partial charge is 0.309 e. The Bertz CT molecular complexity index is 324. The Balaban J connectivity index is 0.00000256. The standard InChI is InChI=1S/C14H21NO.ClH/c1-4-14(16)13(10-11-15(2)3)12-8-6-5-7-9-12;/h5-9,13H,4,10-11H2,1-3H3;1H. The maximum Gasteiger partial charge on any atom is 0.140 e. The molecular weight excluding hydrogens is 234 g/mol. The highest BCUT2D eigenvalue weighted by Crippen LogP contribution is 2.22. The smallest absolute Gasteiger partial charge is 0.140 e. The van der Waals surface area contributed by atoms with Crippen molar-refractivity contribution < 1.29 is 4.79 Å². The minimum Gasteiger partial charge on any atom is -0.309 e. The summed E-state index contributed by atoms with van der Waals surface area (Å²) in [6.45, 7) is 2.89. The summed E-state index contributed by atoms with van der Waals surface area (Å²) >= 11 is 0. The molecular formula is C14H22ClNO. The molecule has 2 nitrogen and oxygen atoms in total. The number of hydrogen-bond donors (Lipinski definition) is 0. The highest BCUT2D eigenvalue weighted by Gasteiger charge is 2.18. The lowest BCUT2D eigenvalue weighted by molar-refractivity contribution is -0.120. The normalized spacial score (nSPS) is 12.0.